The normalized spacial score (nSPS) is 26.0. The lowest BCUT2D eigenvalue weighted by Gasteiger charge is -2.28. The van der Waals surface area contributed by atoms with Crippen molar-refractivity contribution in [1.29, 1.82) is 0 Å². The van der Waals surface area contributed by atoms with E-state index in [1.54, 1.807) is 12.3 Å². The molecule has 0 aromatic heterocycles. The summed E-state index contributed by atoms with van der Waals surface area (Å²) in [4.78, 5) is 22.7. The molecule has 0 amide bonds. The first-order valence-electron chi connectivity index (χ1n) is 10.5. The maximum atomic E-state index is 12.1. The van der Waals surface area contributed by atoms with Gasteiger partial charge in [-0.15, -0.1) is 0 Å². The zero-order valence-electron chi connectivity index (χ0n) is 16.4. The summed E-state index contributed by atoms with van der Waals surface area (Å²) in [6.07, 6.45) is 11.8. The number of hydrogen-bond donors (Lipinski definition) is 2. The van der Waals surface area contributed by atoms with E-state index >= 15 is 0 Å². The van der Waals surface area contributed by atoms with E-state index in [2.05, 4.69) is 5.32 Å². The Bertz CT molecular complexity index is 672. The molecule has 5 heteroatoms. The quantitative estimate of drug-likeness (QED) is 0.320. The Morgan fingerprint density at radius 3 is 2.50 bits per heavy atom. The molecule has 0 spiro atoms. The van der Waals surface area contributed by atoms with E-state index in [4.69, 9.17) is 9.84 Å². The standard InChI is InChI=1S/C23H31NO4/c25-20(17-8-4-3-5-9-17)14-15-24-16-19-18(21-12-13-22(19)28-21)10-6-1-2-7-11-23(26)27/h3-5,8-9,14-15,18-19,21-22,24H,1-2,6-7,10-13,16H2,(H,26,27). The highest BCUT2D eigenvalue weighted by atomic mass is 16.5. The van der Waals surface area contributed by atoms with Crippen LogP contribution in [0.4, 0.5) is 0 Å². The number of ketones is 1. The van der Waals surface area contributed by atoms with Crippen LogP contribution < -0.4 is 5.32 Å². The molecular formula is C23H31NO4. The maximum absolute atomic E-state index is 12.1. The topological polar surface area (TPSA) is 75.6 Å². The van der Waals surface area contributed by atoms with Gasteiger partial charge in [0.2, 0.25) is 0 Å². The molecule has 2 aliphatic heterocycles. The van der Waals surface area contributed by atoms with Crippen LogP contribution in [0.25, 0.3) is 0 Å². The van der Waals surface area contributed by atoms with Crippen LogP contribution in [-0.2, 0) is 9.53 Å². The number of carboxylic acids is 1. The number of carbonyl (C=O) groups excluding carboxylic acids is 1. The van der Waals surface area contributed by atoms with Crippen LogP contribution in [0.5, 0.6) is 0 Å². The van der Waals surface area contributed by atoms with Crippen molar-refractivity contribution in [2.75, 3.05) is 6.54 Å². The molecular weight excluding hydrogens is 354 g/mol. The molecule has 0 saturated carbocycles. The Hall–Kier alpha value is -2.14. The number of unbranched alkanes of at least 4 members (excludes halogenated alkanes) is 3. The van der Waals surface area contributed by atoms with Crippen molar-refractivity contribution in [3.05, 3.63) is 48.2 Å². The van der Waals surface area contributed by atoms with Gasteiger partial charge in [-0.1, -0.05) is 49.6 Å². The van der Waals surface area contributed by atoms with Crippen molar-refractivity contribution in [2.24, 2.45) is 11.8 Å². The van der Waals surface area contributed by atoms with E-state index < -0.39 is 5.97 Å². The van der Waals surface area contributed by atoms with Crippen LogP contribution in [0.2, 0.25) is 0 Å². The second-order valence-corrected chi connectivity index (χ2v) is 7.94. The maximum Gasteiger partial charge on any atom is 0.303 e. The number of fused-ring (bicyclic) bond motifs is 2. The molecule has 152 valence electrons. The molecule has 0 radical (unpaired) electrons. The summed E-state index contributed by atoms with van der Waals surface area (Å²) < 4.78 is 6.15. The summed E-state index contributed by atoms with van der Waals surface area (Å²) in [6, 6.07) is 9.28. The van der Waals surface area contributed by atoms with Gasteiger partial charge in [-0.2, -0.15) is 0 Å². The molecule has 3 rings (SSSR count). The van der Waals surface area contributed by atoms with E-state index in [0.29, 0.717) is 29.6 Å². The largest absolute Gasteiger partial charge is 0.481 e. The average molecular weight is 386 g/mol. The first-order chi connectivity index (χ1) is 13.6. The fraction of sp³-hybridized carbons (Fsp3) is 0.565. The van der Waals surface area contributed by atoms with Gasteiger partial charge in [0.05, 0.1) is 12.2 Å². The van der Waals surface area contributed by atoms with Crippen molar-refractivity contribution in [1.82, 2.24) is 5.32 Å². The average Bonchev–Trinajstić information content (AvgIpc) is 3.30. The van der Waals surface area contributed by atoms with Crippen molar-refractivity contribution in [2.45, 2.75) is 63.6 Å². The molecule has 4 unspecified atom stereocenters. The molecule has 1 aromatic carbocycles. The third-order valence-electron chi connectivity index (χ3n) is 6.03. The molecule has 4 atom stereocenters. The third-order valence-corrected chi connectivity index (χ3v) is 6.03. The Balaban J connectivity index is 1.40. The van der Waals surface area contributed by atoms with Gasteiger partial charge in [-0.05, 0) is 31.6 Å². The summed E-state index contributed by atoms with van der Waals surface area (Å²) >= 11 is 0. The molecule has 0 aliphatic carbocycles. The Morgan fingerprint density at radius 1 is 1.04 bits per heavy atom. The van der Waals surface area contributed by atoms with E-state index in [9.17, 15) is 9.59 Å². The van der Waals surface area contributed by atoms with Crippen LogP contribution in [0, 0.1) is 11.8 Å². The fourth-order valence-corrected chi connectivity index (χ4v) is 4.60. The van der Waals surface area contributed by atoms with Crippen molar-refractivity contribution in [3.63, 3.8) is 0 Å². The highest BCUT2D eigenvalue weighted by molar-refractivity contribution is 6.04. The summed E-state index contributed by atoms with van der Waals surface area (Å²) in [7, 11) is 0. The zero-order valence-corrected chi connectivity index (χ0v) is 16.4. The van der Waals surface area contributed by atoms with Gasteiger partial charge < -0.3 is 15.2 Å². The molecule has 2 N–H and O–H groups in total. The number of ether oxygens (including phenoxy) is 1. The number of allylic oxidation sites excluding steroid dienone is 1. The van der Waals surface area contributed by atoms with Crippen molar-refractivity contribution < 1.29 is 19.4 Å². The van der Waals surface area contributed by atoms with Crippen LogP contribution in [0.1, 0.15) is 61.7 Å². The number of hydrogen-bond acceptors (Lipinski definition) is 4. The summed E-state index contributed by atoms with van der Waals surface area (Å²) in [5.41, 5.74) is 0.699. The Morgan fingerprint density at radius 2 is 1.75 bits per heavy atom. The first-order valence-corrected chi connectivity index (χ1v) is 10.5. The molecule has 28 heavy (non-hydrogen) atoms. The molecule has 2 heterocycles. The molecule has 2 fully saturated rings. The third kappa shape index (κ3) is 5.68. The molecule has 5 nitrogen and oxygen atoms in total. The van der Waals surface area contributed by atoms with Gasteiger partial charge in [-0.3, -0.25) is 9.59 Å². The van der Waals surface area contributed by atoms with Crippen LogP contribution >= 0.6 is 0 Å². The lowest BCUT2D eigenvalue weighted by molar-refractivity contribution is -0.137. The van der Waals surface area contributed by atoms with E-state index in [1.807, 2.05) is 30.3 Å². The summed E-state index contributed by atoms with van der Waals surface area (Å²) in [5, 5.41) is 12.0. The SMILES string of the molecule is O=C(O)CCCCCCC1C2CCC(O2)C1CNC=CC(=O)c1ccccc1. The van der Waals surface area contributed by atoms with Gasteiger partial charge in [0.1, 0.15) is 0 Å². The van der Waals surface area contributed by atoms with Gasteiger partial charge in [0.15, 0.2) is 5.78 Å². The minimum Gasteiger partial charge on any atom is -0.481 e. The van der Waals surface area contributed by atoms with E-state index in [1.165, 1.54) is 0 Å². The number of carboxylic acid groups (broad SMARTS) is 1. The first kappa shape index (κ1) is 20.6. The lowest BCUT2D eigenvalue weighted by Crippen LogP contribution is -2.34. The molecule has 2 saturated heterocycles. The number of carbonyl (C=O) groups is 2. The van der Waals surface area contributed by atoms with Crippen molar-refractivity contribution in [3.8, 4) is 0 Å². The lowest BCUT2D eigenvalue weighted by atomic mass is 9.76. The summed E-state index contributed by atoms with van der Waals surface area (Å²) in [5.74, 6) is 0.375. The molecule has 2 bridgehead atoms. The fourth-order valence-electron chi connectivity index (χ4n) is 4.60. The van der Waals surface area contributed by atoms with E-state index in [-0.39, 0.29) is 12.2 Å². The second kappa shape index (κ2) is 10.4. The van der Waals surface area contributed by atoms with Gasteiger partial charge >= 0.3 is 5.97 Å². The number of nitrogens with one attached hydrogen (secondary N) is 1. The number of aliphatic carboxylic acids is 1. The smallest absolute Gasteiger partial charge is 0.303 e. The number of rotatable bonds is 12. The predicted molar refractivity (Wildman–Crippen MR) is 108 cm³/mol. The van der Waals surface area contributed by atoms with Crippen molar-refractivity contribution >= 4 is 11.8 Å². The Labute approximate surface area is 167 Å². The Kier molecular flexibility index (Phi) is 7.66. The van der Waals surface area contributed by atoms with Crippen LogP contribution in [-0.4, -0.2) is 35.6 Å². The van der Waals surface area contributed by atoms with Gasteiger partial charge in [-0.25, -0.2) is 0 Å². The highest BCUT2D eigenvalue weighted by Crippen LogP contribution is 2.45. The highest BCUT2D eigenvalue weighted by Gasteiger charge is 2.47. The zero-order chi connectivity index (χ0) is 19.8. The second-order valence-electron chi connectivity index (χ2n) is 7.94. The van der Waals surface area contributed by atoms with Gasteiger partial charge in [0, 0.05) is 36.7 Å². The molecule has 1 aromatic rings. The molecule has 2 aliphatic rings. The predicted octanol–water partition coefficient (Wildman–Crippen LogP) is 4.19. The summed E-state index contributed by atoms with van der Waals surface area (Å²) in [6.45, 7) is 0.837. The number of benzene rings is 1. The monoisotopic (exact) mass is 385 g/mol. The van der Waals surface area contributed by atoms with Crippen LogP contribution in [0.3, 0.4) is 0 Å². The van der Waals surface area contributed by atoms with Gasteiger partial charge in [0.25, 0.3) is 0 Å². The van der Waals surface area contributed by atoms with Crippen LogP contribution in [0.15, 0.2) is 42.6 Å². The van der Waals surface area contributed by atoms with E-state index in [0.717, 1.165) is 51.5 Å². The minimum atomic E-state index is -0.702. The minimum absolute atomic E-state index is 0.00945.